The van der Waals surface area contributed by atoms with E-state index in [1.807, 2.05) is 0 Å². The second kappa shape index (κ2) is 11.7. The molecule has 0 rings (SSSR count). The number of unbranched alkanes of at least 4 members (excludes halogenated alkanes) is 1. The maximum Gasteiger partial charge on any atom is 0.333 e. The number of carboxylic acids is 2. The first-order valence-electron chi connectivity index (χ1n) is 7.31. The fourth-order valence-corrected chi connectivity index (χ4v) is 1.47. The average molecular weight is 378 g/mol. The minimum absolute atomic E-state index is 0.0780. The molecule has 0 fully saturated rings. The predicted octanol–water partition coefficient (Wildman–Crippen LogP) is -1.64. The molecule has 0 heterocycles. The summed E-state index contributed by atoms with van der Waals surface area (Å²) in [4.78, 5) is 65.4. The first-order valence-corrected chi connectivity index (χ1v) is 7.31. The van der Waals surface area contributed by atoms with Crippen LogP contribution in [0.15, 0.2) is 0 Å². The Balaban J connectivity index is 3.93. The number of hydrogen-bond donors (Lipinski definition) is 4. The van der Waals surface area contributed by atoms with Gasteiger partial charge in [-0.1, -0.05) is 0 Å². The second-order valence-corrected chi connectivity index (χ2v) is 5.02. The SMILES string of the molecule is O=C(CCCCC(=O)OC(=O)CC(O)C(=O)O)OC(=O)CC(O)C(=O)O. The molecule has 2 atom stereocenters. The summed E-state index contributed by atoms with van der Waals surface area (Å²) in [6, 6.07) is 0. The highest BCUT2D eigenvalue weighted by Gasteiger charge is 2.22. The van der Waals surface area contributed by atoms with Crippen molar-refractivity contribution in [3.8, 4) is 0 Å². The van der Waals surface area contributed by atoms with E-state index in [2.05, 4.69) is 9.47 Å². The fourth-order valence-electron chi connectivity index (χ4n) is 1.47. The normalized spacial score (nSPS) is 12.5. The van der Waals surface area contributed by atoms with E-state index in [9.17, 15) is 28.8 Å². The Morgan fingerprint density at radius 1 is 0.615 bits per heavy atom. The lowest BCUT2D eigenvalue weighted by Gasteiger charge is -2.06. The van der Waals surface area contributed by atoms with Gasteiger partial charge in [0.25, 0.3) is 0 Å². The third-order valence-corrected chi connectivity index (χ3v) is 2.76. The van der Waals surface area contributed by atoms with Crippen LogP contribution in [-0.2, 0) is 38.2 Å². The van der Waals surface area contributed by atoms with Crippen molar-refractivity contribution in [1.82, 2.24) is 0 Å². The van der Waals surface area contributed by atoms with Gasteiger partial charge in [-0.05, 0) is 12.8 Å². The number of carbonyl (C=O) groups excluding carboxylic acids is 4. The smallest absolute Gasteiger partial charge is 0.333 e. The molecule has 0 amide bonds. The molecule has 0 saturated heterocycles. The van der Waals surface area contributed by atoms with Gasteiger partial charge in [-0.15, -0.1) is 0 Å². The number of aliphatic hydroxyl groups is 2. The van der Waals surface area contributed by atoms with Gasteiger partial charge in [-0.25, -0.2) is 9.59 Å². The van der Waals surface area contributed by atoms with Crippen LogP contribution in [0.3, 0.4) is 0 Å². The van der Waals surface area contributed by atoms with Gasteiger partial charge in [0.1, 0.15) is 0 Å². The van der Waals surface area contributed by atoms with E-state index in [1.165, 1.54) is 0 Å². The average Bonchev–Trinajstić information content (AvgIpc) is 2.50. The van der Waals surface area contributed by atoms with E-state index in [0.717, 1.165) is 0 Å². The van der Waals surface area contributed by atoms with Gasteiger partial charge in [0.15, 0.2) is 12.2 Å². The number of hydrogen-bond acceptors (Lipinski definition) is 10. The highest BCUT2D eigenvalue weighted by molar-refractivity contribution is 5.89. The number of rotatable bonds is 11. The molecule has 0 radical (unpaired) electrons. The molecule has 0 aromatic carbocycles. The van der Waals surface area contributed by atoms with E-state index in [1.54, 1.807) is 0 Å². The molecule has 0 saturated carbocycles. The monoisotopic (exact) mass is 378 g/mol. The largest absolute Gasteiger partial charge is 0.479 e. The second-order valence-electron chi connectivity index (χ2n) is 5.02. The van der Waals surface area contributed by atoms with Gasteiger partial charge in [0.2, 0.25) is 0 Å². The van der Waals surface area contributed by atoms with E-state index in [4.69, 9.17) is 20.4 Å². The van der Waals surface area contributed by atoms with E-state index in [-0.39, 0.29) is 25.7 Å². The quantitative estimate of drug-likeness (QED) is 0.182. The van der Waals surface area contributed by atoms with Crippen LogP contribution in [0.1, 0.15) is 38.5 Å². The van der Waals surface area contributed by atoms with Crippen LogP contribution in [0.25, 0.3) is 0 Å². The van der Waals surface area contributed by atoms with Crippen LogP contribution in [-0.4, -0.2) is 68.4 Å². The van der Waals surface area contributed by atoms with Crippen LogP contribution in [0.2, 0.25) is 0 Å². The number of ether oxygens (including phenoxy) is 2. The zero-order chi connectivity index (χ0) is 20.3. The molecule has 2 unspecified atom stereocenters. The van der Waals surface area contributed by atoms with Crippen molar-refractivity contribution >= 4 is 35.8 Å². The maximum absolute atomic E-state index is 11.3. The van der Waals surface area contributed by atoms with E-state index in [0.29, 0.717) is 0 Å². The summed E-state index contributed by atoms with van der Waals surface area (Å²) in [7, 11) is 0. The molecule has 0 aliphatic carbocycles. The predicted molar refractivity (Wildman–Crippen MR) is 77.2 cm³/mol. The van der Waals surface area contributed by atoms with Gasteiger partial charge in [0.05, 0.1) is 12.8 Å². The van der Waals surface area contributed by atoms with Crippen molar-refractivity contribution in [2.75, 3.05) is 0 Å². The summed E-state index contributed by atoms with van der Waals surface area (Å²) in [5.74, 6) is -7.68. The van der Waals surface area contributed by atoms with Gasteiger partial charge < -0.3 is 29.9 Å². The van der Waals surface area contributed by atoms with Crippen LogP contribution in [0.4, 0.5) is 0 Å². The Morgan fingerprint density at radius 3 is 1.19 bits per heavy atom. The third-order valence-electron chi connectivity index (χ3n) is 2.76. The fraction of sp³-hybridized carbons (Fsp3) is 0.571. The standard InChI is InChI=1S/C14H18O12/c15-7(13(21)22)5-11(19)25-9(17)3-1-2-4-10(18)26-12(20)6-8(16)14(23)24/h7-8,15-16H,1-6H2,(H,21,22)(H,23,24). The number of carbonyl (C=O) groups is 6. The van der Waals surface area contributed by atoms with Crippen LogP contribution >= 0.6 is 0 Å². The first kappa shape index (κ1) is 23.1. The zero-order valence-corrected chi connectivity index (χ0v) is 13.5. The summed E-state index contributed by atoms with van der Waals surface area (Å²) in [5, 5.41) is 34.6. The van der Waals surface area contributed by atoms with E-state index >= 15 is 0 Å². The molecule has 0 aliphatic rings. The van der Waals surface area contributed by atoms with Crippen molar-refractivity contribution in [1.29, 1.82) is 0 Å². The van der Waals surface area contributed by atoms with Crippen molar-refractivity contribution in [3.63, 3.8) is 0 Å². The molecule has 0 bridgehead atoms. The molecular weight excluding hydrogens is 360 g/mol. The minimum atomic E-state index is -1.98. The van der Waals surface area contributed by atoms with Gasteiger partial charge in [-0.3, -0.25) is 19.2 Å². The number of esters is 4. The summed E-state index contributed by atoms with van der Waals surface area (Å²) in [6.45, 7) is 0. The van der Waals surface area contributed by atoms with Crippen LogP contribution in [0.5, 0.6) is 0 Å². The summed E-state index contributed by atoms with van der Waals surface area (Å²) in [5.41, 5.74) is 0. The zero-order valence-electron chi connectivity index (χ0n) is 13.5. The molecule has 146 valence electrons. The molecular formula is C14H18O12. The van der Waals surface area contributed by atoms with Crippen molar-refractivity contribution in [2.24, 2.45) is 0 Å². The van der Waals surface area contributed by atoms with Gasteiger partial charge >= 0.3 is 35.8 Å². The third kappa shape index (κ3) is 10.8. The highest BCUT2D eigenvalue weighted by Crippen LogP contribution is 2.05. The molecule has 26 heavy (non-hydrogen) atoms. The molecule has 0 aliphatic heterocycles. The van der Waals surface area contributed by atoms with Crippen LogP contribution < -0.4 is 0 Å². The summed E-state index contributed by atoms with van der Waals surface area (Å²) >= 11 is 0. The van der Waals surface area contributed by atoms with Crippen molar-refractivity contribution < 1.29 is 58.7 Å². The Bertz CT molecular complexity index is 516. The molecule has 0 aromatic heterocycles. The lowest BCUT2D eigenvalue weighted by Crippen LogP contribution is -2.25. The Hall–Kier alpha value is -2.86. The lowest BCUT2D eigenvalue weighted by molar-refractivity contribution is -0.165. The lowest BCUT2D eigenvalue weighted by atomic mass is 10.2. The maximum atomic E-state index is 11.3. The van der Waals surface area contributed by atoms with Gasteiger partial charge in [0, 0.05) is 12.8 Å². The highest BCUT2D eigenvalue weighted by atomic mass is 16.6. The minimum Gasteiger partial charge on any atom is -0.479 e. The Labute approximate surface area is 146 Å². The van der Waals surface area contributed by atoms with E-state index < -0.39 is 60.9 Å². The molecule has 0 spiro atoms. The van der Waals surface area contributed by atoms with Crippen molar-refractivity contribution in [2.45, 2.75) is 50.7 Å². The Morgan fingerprint density at radius 2 is 0.923 bits per heavy atom. The molecule has 12 heteroatoms. The Kier molecular flexibility index (Phi) is 10.4. The molecule has 0 aromatic rings. The topological polar surface area (TPSA) is 202 Å². The molecule has 12 nitrogen and oxygen atoms in total. The number of aliphatic hydroxyl groups excluding tert-OH is 2. The summed E-state index contributed by atoms with van der Waals surface area (Å²) in [6.07, 6.45) is -6.16. The van der Waals surface area contributed by atoms with Crippen LogP contribution in [0, 0.1) is 0 Å². The van der Waals surface area contributed by atoms with Crippen molar-refractivity contribution in [3.05, 3.63) is 0 Å². The molecule has 4 N–H and O–H groups in total. The number of carboxylic acid groups (broad SMARTS) is 2. The summed E-state index contributed by atoms with van der Waals surface area (Å²) < 4.78 is 8.51. The first-order chi connectivity index (χ1) is 12.0. The number of aliphatic carboxylic acids is 2. The van der Waals surface area contributed by atoms with Gasteiger partial charge in [-0.2, -0.15) is 0 Å².